The fraction of sp³-hybridized carbons (Fsp3) is 0.211. The first-order valence-corrected chi connectivity index (χ1v) is 7.90. The summed E-state index contributed by atoms with van der Waals surface area (Å²) in [6.45, 7) is 0.635. The first-order valence-electron chi connectivity index (χ1n) is 7.90. The highest BCUT2D eigenvalue weighted by atomic mass is 16.3. The molecule has 2 N–H and O–H groups in total. The number of aliphatic hydroxyl groups is 1. The molecule has 0 saturated carbocycles. The average Bonchev–Trinajstić information content (AvgIpc) is 3.18. The van der Waals surface area contributed by atoms with Crippen LogP contribution in [0.1, 0.15) is 22.9 Å². The predicted octanol–water partition coefficient (Wildman–Crippen LogP) is 2.62. The Kier molecular flexibility index (Phi) is 3.69. The van der Waals surface area contributed by atoms with E-state index in [2.05, 4.69) is 22.5 Å². The monoisotopic (exact) mass is 305 g/mol. The van der Waals surface area contributed by atoms with Gasteiger partial charge in [-0.1, -0.05) is 42.5 Å². The lowest BCUT2D eigenvalue weighted by Gasteiger charge is -2.17. The van der Waals surface area contributed by atoms with E-state index in [1.807, 2.05) is 59.4 Å². The van der Waals surface area contributed by atoms with E-state index in [-0.39, 0.29) is 12.1 Å². The van der Waals surface area contributed by atoms with Crippen LogP contribution in [0.15, 0.2) is 66.9 Å². The van der Waals surface area contributed by atoms with E-state index in [1.54, 1.807) is 0 Å². The van der Waals surface area contributed by atoms with Crippen LogP contribution in [0.25, 0.3) is 5.69 Å². The van der Waals surface area contributed by atoms with Crippen molar-refractivity contribution in [2.45, 2.75) is 25.1 Å². The van der Waals surface area contributed by atoms with Crippen LogP contribution in [0.3, 0.4) is 0 Å². The Bertz CT molecular complexity index is 797. The zero-order valence-corrected chi connectivity index (χ0v) is 12.8. The lowest BCUT2D eigenvalue weighted by molar-refractivity contribution is 0.140. The van der Waals surface area contributed by atoms with Crippen molar-refractivity contribution in [3.8, 4) is 5.69 Å². The molecule has 0 fully saturated rings. The second-order valence-corrected chi connectivity index (χ2v) is 5.92. The summed E-state index contributed by atoms with van der Waals surface area (Å²) in [7, 11) is 0. The maximum atomic E-state index is 10.3. The fourth-order valence-electron chi connectivity index (χ4n) is 3.21. The zero-order chi connectivity index (χ0) is 15.6. The third kappa shape index (κ3) is 2.79. The minimum atomic E-state index is -0.372. The molecule has 1 aliphatic rings. The quantitative estimate of drug-likeness (QED) is 0.779. The second kappa shape index (κ2) is 5.99. The third-order valence-corrected chi connectivity index (χ3v) is 4.37. The van der Waals surface area contributed by atoms with Crippen LogP contribution in [0.4, 0.5) is 0 Å². The van der Waals surface area contributed by atoms with E-state index >= 15 is 0 Å². The van der Waals surface area contributed by atoms with Gasteiger partial charge in [-0.05, 0) is 29.3 Å². The minimum Gasteiger partial charge on any atom is -0.391 e. The van der Waals surface area contributed by atoms with Crippen LogP contribution >= 0.6 is 0 Å². The number of aromatic nitrogens is 2. The normalized spacial score (nSPS) is 19.7. The van der Waals surface area contributed by atoms with Crippen LogP contribution in [0.5, 0.6) is 0 Å². The Morgan fingerprint density at radius 3 is 2.70 bits per heavy atom. The molecular formula is C19H19N3O. The van der Waals surface area contributed by atoms with Gasteiger partial charge in [-0.2, -0.15) is 5.10 Å². The molecule has 4 heteroatoms. The van der Waals surface area contributed by atoms with E-state index in [9.17, 15) is 5.11 Å². The molecule has 0 spiro atoms. The van der Waals surface area contributed by atoms with Gasteiger partial charge in [0.2, 0.25) is 0 Å². The number of rotatable bonds is 4. The molecule has 2 aromatic carbocycles. The highest BCUT2D eigenvalue weighted by Crippen LogP contribution is 2.31. The maximum absolute atomic E-state index is 10.3. The van der Waals surface area contributed by atoms with Gasteiger partial charge in [-0.25, -0.2) is 4.68 Å². The van der Waals surface area contributed by atoms with E-state index < -0.39 is 0 Å². The van der Waals surface area contributed by atoms with Gasteiger partial charge in [0, 0.05) is 19.2 Å². The van der Waals surface area contributed by atoms with Crippen LogP contribution < -0.4 is 5.32 Å². The first-order chi connectivity index (χ1) is 11.3. The number of hydrogen-bond acceptors (Lipinski definition) is 3. The van der Waals surface area contributed by atoms with E-state index in [4.69, 9.17) is 0 Å². The lowest BCUT2D eigenvalue weighted by atomic mass is 10.1. The molecule has 0 bridgehead atoms. The number of aliphatic hydroxyl groups excluding tert-OH is 1. The van der Waals surface area contributed by atoms with Gasteiger partial charge < -0.3 is 10.4 Å². The second-order valence-electron chi connectivity index (χ2n) is 5.92. The molecule has 3 aromatic rings. The summed E-state index contributed by atoms with van der Waals surface area (Å²) in [4.78, 5) is 0. The Morgan fingerprint density at radius 1 is 1.04 bits per heavy atom. The van der Waals surface area contributed by atoms with Gasteiger partial charge in [0.1, 0.15) is 0 Å². The highest BCUT2D eigenvalue weighted by molar-refractivity contribution is 5.36. The summed E-state index contributed by atoms with van der Waals surface area (Å²) >= 11 is 0. The molecule has 2 atom stereocenters. The topological polar surface area (TPSA) is 50.1 Å². The molecule has 0 unspecified atom stereocenters. The Morgan fingerprint density at radius 2 is 1.83 bits per heavy atom. The molecule has 1 aromatic heterocycles. The molecule has 0 radical (unpaired) electrons. The van der Waals surface area contributed by atoms with Gasteiger partial charge in [-0.15, -0.1) is 0 Å². The van der Waals surface area contributed by atoms with E-state index in [0.29, 0.717) is 13.0 Å². The highest BCUT2D eigenvalue weighted by Gasteiger charge is 2.30. The summed E-state index contributed by atoms with van der Waals surface area (Å²) in [5.41, 5.74) is 4.44. The number of hydrogen-bond donors (Lipinski definition) is 2. The van der Waals surface area contributed by atoms with E-state index in [0.717, 1.165) is 11.4 Å². The lowest BCUT2D eigenvalue weighted by Crippen LogP contribution is -2.28. The van der Waals surface area contributed by atoms with Crippen molar-refractivity contribution in [3.05, 3.63) is 83.7 Å². The fourth-order valence-corrected chi connectivity index (χ4v) is 3.21. The van der Waals surface area contributed by atoms with Crippen LogP contribution in [0, 0.1) is 0 Å². The van der Waals surface area contributed by atoms with Gasteiger partial charge in [0.05, 0.1) is 23.5 Å². The van der Waals surface area contributed by atoms with Crippen molar-refractivity contribution in [1.82, 2.24) is 15.1 Å². The van der Waals surface area contributed by atoms with Crippen molar-refractivity contribution in [1.29, 1.82) is 0 Å². The number of nitrogens with zero attached hydrogens (tertiary/aromatic N) is 2. The molecular weight excluding hydrogens is 286 g/mol. The summed E-state index contributed by atoms with van der Waals surface area (Å²) in [5.74, 6) is 0. The van der Waals surface area contributed by atoms with Crippen LogP contribution in [0.2, 0.25) is 0 Å². The number of nitrogens with one attached hydrogen (secondary N) is 1. The SMILES string of the molecule is O[C@H]1Cc2ccccc2[C@H]1NCc1ccn(-c2ccccc2)n1. The van der Waals surface area contributed by atoms with E-state index in [1.165, 1.54) is 11.1 Å². The van der Waals surface area contributed by atoms with Gasteiger partial charge in [0.15, 0.2) is 0 Å². The summed E-state index contributed by atoms with van der Waals surface area (Å²) in [6.07, 6.45) is 2.31. The van der Waals surface area contributed by atoms with Crippen LogP contribution in [-0.2, 0) is 13.0 Å². The molecule has 0 aliphatic heterocycles. The molecule has 4 rings (SSSR count). The molecule has 0 amide bonds. The predicted molar refractivity (Wildman–Crippen MR) is 89.3 cm³/mol. The molecule has 23 heavy (non-hydrogen) atoms. The summed E-state index contributed by atoms with van der Waals surface area (Å²) in [6, 6.07) is 20.3. The van der Waals surface area contributed by atoms with Crippen molar-refractivity contribution >= 4 is 0 Å². The van der Waals surface area contributed by atoms with Crippen LogP contribution in [-0.4, -0.2) is 21.0 Å². The first kappa shape index (κ1) is 14.2. The molecule has 0 saturated heterocycles. The Hall–Kier alpha value is -2.43. The number of fused-ring (bicyclic) bond motifs is 1. The Balaban J connectivity index is 1.47. The largest absolute Gasteiger partial charge is 0.391 e. The molecule has 4 nitrogen and oxygen atoms in total. The minimum absolute atomic E-state index is 0.0203. The molecule has 1 aliphatic carbocycles. The Labute approximate surface area is 135 Å². The van der Waals surface area contributed by atoms with Crippen molar-refractivity contribution in [2.24, 2.45) is 0 Å². The van der Waals surface area contributed by atoms with Gasteiger partial charge >= 0.3 is 0 Å². The molecule has 1 heterocycles. The number of benzene rings is 2. The smallest absolute Gasteiger partial charge is 0.0775 e. The van der Waals surface area contributed by atoms with Gasteiger partial charge in [-0.3, -0.25) is 0 Å². The van der Waals surface area contributed by atoms with Crippen molar-refractivity contribution in [2.75, 3.05) is 0 Å². The standard InChI is InChI=1S/C19H19N3O/c23-18-12-14-6-4-5-9-17(14)19(18)20-13-15-10-11-22(21-15)16-7-2-1-3-8-16/h1-11,18-20,23H,12-13H2/t18-,19+/m0/s1. The summed E-state index contributed by atoms with van der Waals surface area (Å²) < 4.78 is 1.87. The molecule has 116 valence electrons. The average molecular weight is 305 g/mol. The van der Waals surface area contributed by atoms with Crippen molar-refractivity contribution in [3.63, 3.8) is 0 Å². The zero-order valence-electron chi connectivity index (χ0n) is 12.8. The summed E-state index contributed by atoms with van der Waals surface area (Å²) in [5, 5.41) is 18.3. The number of para-hydroxylation sites is 1. The third-order valence-electron chi connectivity index (χ3n) is 4.37. The van der Waals surface area contributed by atoms with Gasteiger partial charge in [0.25, 0.3) is 0 Å². The van der Waals surface area contributed by atoms with Crippen molar-refractivity contribution < 1.29 is 5.11 Å². The maximum Gasteiger partial charge on any atom is 0.0775 e.